The zero-order valence-electron chi connectivity index (χ0n) is 12.3. The smallest absolute Gasteiger partial charge is 0.0628 e. The number of rotatable bonds is 5. The highest BCUT2D eigenvalue weighted by molar-refractivity contribution is 5.02. The molecule has 0 spiro atoms. The molecule has 3 heteroatoms. The summed E-state index contributed by atoms with van der Waals surface area (Å²) in [7, 11) is 2.01. The van der Waals surface area contributed by atoms with Crippen molar-refractivity contribution in [3.8, 4) is 0 Å². The lowest BCUT2D eigenvalue weighted by Crippen LogP contribution is -2.56. The summed E-state index contributed by atoms with van der Waals surface area (Å²) in [6, 6.07) is 0. The Labute approximate surface area is 112 Å². The molecule has 0 aromatic rings. The van der Waals surface area contributed by atoms with Crippen LogP contribution in [-0.4, -0.2) is 48.8 Å². The fraction of sp³-hybridized carbons (Fsp3) is 1.00. The molecular weight excluding hydrogens is 224 g/mol. The Hall–Kier alpha value is -0.120. The van der Waals surface area contributed by atoms with Crippen LogP contribution in [0.2, 0.25) is 0 Å². The Kier molecular flexibility index (Phi) is 4.35. The molecule has 0 aromatic carbocycles. The average molecular weight is 254 g/mol. The van der Waals surface area contributed by atoms with Crippen molar-refractivity contribution < 1.29 is 5.11 Å². The first-order valence-corrected chi connectivity index (χ1v) is 7.53. The Balaban J connectivity index is 1.95. The quantitative estimate of drug-likeness (QED) is 0.786. The first-order chi connectivity index (χ1) is 8.51. The summed E-state index contributed by atoms with van der Waals surface area (Å²) < 4.78 is 0. The van der Waals surface area contributed by atoms with Crippen molar-refractivity contribution in [2.75, 3.05) is 33.3 Å². The number of hydrogen-bond donors (Lipinski definition) is 2. The fourth-order valence-corrected chi connectivity index (χ4v) is 3.34. The lowest BCUT2D eigenvalue weighted by Gasteiger charge is -2.37. The summed E-state index contributed by atoms with van der Waals surface area (Å²) in [4.78, 5) is 2.57. The van der Waals surface area contributed by atoms with E-state index in [0.717, 1.165) is 6.54 Å². The van der Waals surface area contributed by atoms with E-state index in [2.05, 4.69) is 24.1 Å². The van der Waals surface area contributed by atoms with Crippen molar-refractivity contribution in [2.24, 2.45) is 11.3 Å². The molecule has 18 heavy (non-hydrogen) atoms. The second-order valence-corrected chi connectivity index (χ2v) is 7.13. The zero-order valence-corrected chi connectivity index (χ0v) is 12.3. The van der Waals surface area contributed by atoms with Crippen molar-refractivity contribution in [1.82, 2.24) is 10.2 Å². The van der Waals surface area contributed by atoms with E-state index in [-0.39, 0.29) is 12.1 Å². The maximum Gasteiger partial charge on any atom is 0.0628 e. The van der Waals surface area contributed by atoms with E-state index < -0.39 is 0 Å². The van der Waals surface area contributed by atoms with Crippen molar-refractivity contribution in [3.05, 3.63) is 0 Å². The standard InChI is InChI=1S/C15H30N2O/c1-14(2)7-4-9-17(10-8-14)11-15(12-18,16-3)13-5-6-13/h13,16,18H,4-12H2,1-3H3. The van der Waals surface area contributed by atoms with Gasteiger partial charge in [0.1, 0.15) is 0 Å². The number of nitrogens with one attached hydrogen (secondary N) is 1. The topological polar surface area (TPSA) is 35.5 Å². The number of likely N-dealkylation sites (tertiary alicyclic amines) is 1. The van der Waals surface area contributed by atoms with E-state index >= 15 is 0 Å². The minimum atomic E-state index is -0.0471. The molecule has 106 valence electrons. The fourth-order valence-electron chi connectivity index (χ4n) is 3.34. The van der Waals surface area contributed by atoms with Crippen LogP contribution in [0.3, 0.4) is 0 Å². The molecule has 1 saturated heterocycles. The van der Waals surface area contributed by atoms with E-state index in [1.165, 1.54) is 45.2 Å². The number of nitrogens with zero attached hydrogens (tertiary/aromatic N) is 1. The summed E-state index contributed by atoms with van der Waals surface area (Å²) in [5.41, 5.74) is 0.449. The van der Waals surface area contributed by atoms with Crippen molar-refractivity contribution in [3.63, 3.8) is 0 Å². The SMILES string of the molecule is CNC(CO)(CN1CCCC(C)(C)CC1)C1CC1. The van der Waals surface area contributed by atoms with E-state index in [1.807, 2.05) is 7.05 Å². The highest BCUT2D eigenvalue weighted by Crippen LogP contribution is 2.40. The Morgan fingerprint density at radius 1 is 1.28 bits per heavy atom. The summed E-state index contributed by atoms with van der Waals surface area (Å²) in [5.74, 6) is 0.684. The van der Waals surface area contributed by atoms with Crippen LogP contribution in [0.25, 0.3) is 0 Å². The summed E-state index contributed by atoms with van der Waals surface area (Å²) in [6.45, 7) is 8.43. The number of aliphatic hydroxyl groups is 1. The van der Waals surface area contributed by atoms with Gasteiger partial charge in [-0.2, -0.15) is 0 Å². The van der Waals surface area contributed by atoms with E-state index in [9.17, 15) is 5.11 Å². The molecule has 1 saturated carbocycles. The third kappa shape index (κ3) is 3.25. The van der Waals surface area contributed by atoms with Gasteiger partial charge in [0.25, 0.3) is 0 Å². The van der Waals surface area contributed by atoms with Crippen molar-refractivity contribution in [1.29, 1.82) is 0 Å². The van der Waals surface area contributed by atoms with Gasteiger partial charge in [-0.1, -0.05) is 13.8 Å². The predicted molar refractivity (Wildman–Crippen MR) is 75.7 cm³/mol. The minimum Gasteiger partial charge on any atom is -0.394 e. The monoisotopic (exact) mass is 254 g/mol. The molecule has 1 aliphatic carbocycles. The number of hydrogen-bond acceptors (Lipinski definition) is 3. The van der Waals surface area contributed by atoms with Crippen LogP contribution >= 0.6 is 0 Å². The van der Waals surface area contributed by atoms with Crippen molar-refractivity contribution in [2.45, 2.75) is 51.5 Å². The third-order valence-electron chi connectivity index (χ3n) is 5.08. The van der Waals surface area contributed by atoms with Gasteiger partial charge in [0.2, 0.25) is 0 Å². The Morgan fingerprint density at radius 2 is 2.00 bits per heavy atom. The molecule has 1 unspecified atom stereocenters. The lowest BCUT2D eigenvalue weighted by atomic mass is 9.85. The molecule has 1 atom stereocenters. The van der Waals surface area contributed by atoms with Gasteiger partial charge in [-0.25, -0.2) is 0 Å². The van der Waals surface area contributed by atoms with Crippen LogP contribution in [0.15, 0.2) is 0 Å². The van der Waals surface area contributed by atoms with Gasteiger partial charge in [-0.3, -0.25) is 0 Å². The predicted octanol–water partition coefficient (Wildman–Crippen LogP) is 1.86. The lowest BCUT2D eigenvalue weighted by molar-refractivity contribution is 0.0967. The van der Waals surface area contributed by atoms with Crippen LogP contribution in [0.1, 0.15) is 46.0 Å². The first-order valence-electron chi connectivity index (χ1n) is 7.53. The van der Waals surface area contributed by atoms with E-state index in [0.29, 0.717) is 11.3 Å². The molecule has 0 bridgehead atoms. The first kappa shape index (κ1) is 14.3. The zero-order chi connectivity index (χ0) is 13.2. The molecular formula is C15H30N2O. The van der Waals surface area contributed by atoms with Gasteiger partial charge in [0.05, 0.1) is 12.1 Å². The largest absolute Gasteiger partial charge is 0.394 e. The number of likely N-dealkylation sites (N-methyl/N-ethyl adjacent to an activating group) is 1. The second-order valence-electron chi connectivity index (χ2n) is 7.13. The molecule has 3 nitrogen and oxygen atoms in total. The molecule has 1 aliphatic heterocycles. The van der Waals surface area contributed by atoms with Crippen LogP contribution < -0.4 is 5.32 Å². The van der Waals surface area contributed by atoms with Gasteiger partial charge in [-0.05, 0) is 63.6 Å². The highest BCUT2D eigenvalue weighted by Gasteiger charge is 2.44. The van der Waals surface area contributed by atoms with Gasteiger partial charge in [-0.15, -0.1) is 0 Å². The molecule has 0 aromatic heterocycles. The van der Waals surface area contributed by atoms with Crippen LogP contribution in [0, 0.1) is 11.3 Å². The molecule has 2 aliphatic rings. The summed E-state index contributed by atoms with van der Waals surface area (Å²) in [6.07, 6.45) is 6.46. The van der Waals surface area contributed by atoms with E-state index in [1.54, 1.807) is 0 Å². The van der Waals surface area contributed by atoms with E-state index in [4.69, 9.17) is 0 Å². The van der Waals surface area contributed by atoms with Gasteiger partial charge in [0.15, 0.2) is 0 Å². The molecule has 2 fully saturated rings. The molecule has 0 amide bonds. The van der Waals surface area contributed by atoms with Gasteiger partial charge < -0.3 is 15.3 Å². The summed E-state index contributed by atoms with van der Waals surface area (Å²) in [5, 5.41) is 13.2. The second kappa shape index (κ2) is 5.48. The molecule has 1 heterocycles. The van der Waals surface area contributed by atoms with Gasteiger partial charge >= 0.3 is 0 Å². The molecule has 0 radical (unpaired) electrons. The molecule has 2 rings (SSSR count). The van der Waals surface area contributed by atoms with Gasteiger partial charge in [0, 0.05) is 6.54 Å². The van der Waals surface area contributed by atoms with Crippen LogP contribution in [-0.2, 0) is 0 Å². The average Bonchev–Trinajstić information content (AvgIpc) is 3.16. The normalized spacial score (nSPS) is 28.7. The third-order valence-corrected chi connectivity index (χ3v) is 5.08. The Morgan fingerprint density at radius 3 is 2.56 bits per heavy atom. The minimum absolute atomic E-state index is 0.0471. The maximum atomic E-state index is 9.80. The maximum absolute atomic E-state index is 9.80. The van der Waals surface area contributed by atoms with Crippen LogP contribution in [0.4, 0.5) is 0 Å². The van der Waals surface area contributed by atoms with Crippen molar-refractivity contribution >= 4 is 0 Å². The van der Waals surface area contributed by atoms with Crippen LogP contribution in [0.5, 0.6) is 0 Å². The number of aliphatic hydroxyl groups excluding tert-OH is 1. The summed E-state index contributed by atoms with van der Waals surface area (Å²) >= 11 is 0. The molecule has 2 N–H and O–H groups in total. The highest BCUT2D eigenvalue weighted by atomic mass is 16.3. The Bertz CT molecular complexity index is 270.